The van der Waals surface area contributed by atoms with E-state index in [-0.39, 0.29) is 0 Å². The van der Waals surface area contributed by atoms with E-state index in [4.69, 9.17) is 0 Å². The molecule has 1 aliphatic rings. The Hall–Kier alpha value is -1.60. The van der Waals surface area contributed by atoms with Crippen molar-refractivity contribution >= 4 is 17.7 Å². The van der Waals surface area contributed by atoms with Crippen LogP contribution >= 0.6 is 0 Å². The van der Waals surface area contributed by atoms with E-state index in [1.54, 1.807) is 0 Å². The quantitative estimate of drug-likeness (QED) is 0.607. The van der Waals surface area contributed by atoms with Crippen molar-refractivity contribution in [2.45, 2.75) is 18.8 Å². The highest BCUT2D eigenvalue weighted by Gasteiger charge is 2.68. The molecular formula is C7H6F3NO4. The second-order valence-electron chi connectivity index (χ2n) is 2.72. The van der Waals surface area contributed by atoms with Crippen molar-refractivity contribution in [1.82, 2.24) is 0 Å². The van der Waals surface area contributed by atoms with Gasteiger partial charge in [0.15, 0.2) is 0 Å². The summed E-state index contributed by atoms with van der Waals surface area (Å²) < 4.78 is 45.4. The summed E-state index contributed by atoms with van der Waals surface area (Å²) >= 11 is 0. The number of alkyl halides is 3. The monoisotopic (exact) mass is 225 g/mol. The van der Waals surface area contributed by atoms with Gasteiger partial charge in [-0.05, 0) is 6.92 Å². The summed E-state index contributed by atoms with van der Waals surface area (Å²) in [4.78, 5) is 24.6. The topological polar surface area (TPSA) is 65.0 Å². The maximum absolute atomic E-state index is 12.5. The van der Waals surface area contributed by atoms with Crippen molar-refractivity contribution in [3.63, 3.8) is 0 Å². The molecule has 0 spiro atoms. The summed E-state index contributed by atoms with van der Waals surface area (Å²) in [5.74, 6) is -3.07. The fourth-order valence-corrected chi connectivity index (χ4v) is 0.975. The summed E-state index contributed by atoms with van der Waals surface area (Å²) in [6.07, 6.45) is -5.15. The van der Waals surface area contributed by atoms with Gasteiger partial charge in [0.25, 0.3) is 0 Å². The van der Waals surface area contributed by atoms with Crippen LogP contribution in [0.2, 0.25) is 0 Å². The molecule has 5 nitrogen and oxygen atoms in total. The summed E-state index contributed by atoms with van der Waals surface area (Å²) in [6.45, 7) is 1.01. The largest absolute Gasteiger partial charge is 0.464 e. The van der Waals surface area contributed by atoms with Crippen molar-refractivity contribution in [2.24, 2.45) is 4.99 Å². The van der Waals surface area contributed by atoms with Gasteiger partial charge in [-0.2, -0.15) is 13.2 Å². The molecule has 0 saturated heterocycles. The van der Waals surface area contributed by atoms with E-state index in [1.807, 2.05) is 0 Å². The minimum atomic E-state index is -5.15. The molecule has 0 radical (unpaired) electrons. The van der Waals surface area contributed by atoms with Crippen molar-refractivity contribution < 1.29 is 32.2 Å². The number of nitrogens with zero attached hydrogens (tertiary/aromatic N) is 1. The van der Waals surface area contributed by atoms with E-state index in [0.717, 1.165) is 14.0 Å². The summed E-state index contributed by atoms with van der Waals surface area (Å²) in [5.41, 5.74) is -4.07. The number of carbonyl (C=O) groups is 2. The third kappa shape index (κ3) is 1.55. The predicted molar refractivity (Wildman–Crippen MR) is 40.0 cm³/mol. The smallest absolute Gasteiger partial charge is 0.463 e. The zero-order valence-electron chi connectivity index (χ0n) is 7.71. The number of esters is 2. The highest BCUT2D eigenvalue weighted by Crippen LogP contribution is 2.39. The first kappa shape index (κ1) is 11.5. The van der Waals surface area contributed by atoms with Gasteiger partial charge in [-0.15, -0.1) is 0 Å². The number of methoxy groups -OCH3 is 1. The second kappa shape index (κ2) is 3.21. The van der Waals surface area contributed by atoms with Gasteiger partial charge < -0.3 is 9.47 Å². The van der Waals surface area contributed by atoms with Crippen LogP contribution in [-0.4, -0.2) is 36.7 Å². The SMILES string of the molecule is COC(=O)[C@@]1(C(F)(F)F)N=C(C)C(=O)O1. The highest BCUT2D eigenvalue weighted by molar-refractivity contribution is 6.37. The fourth-order valence-electron chi connectivity index (χ4n) is 0.975. The molecule has 1 rings (SSSR count). The number of cyclic esters (lactones) is 1. The van der Waals surface area contributed by atoms with Gasteiger partial charge in [-0.3, -0.25) is 0 Å². The lowest BCUT2D eigenvalue weighted by Gasteiger charge is -2.23. The van der Waals surface area contributed by atoms with Crippen molar-refractivity contribution in [1.29, 1.82) is 0 Å². The van der Waals surface area contributed by atoms with Crippen LogP contribution in [0.3, 0.4) is 0 Å². The molecule has 0 N–H and O–H groups in total. The lowest BCUT2D eigenvalue weighted by Crippen LogP contribution is -2.51. The van der Waals surface area contributed by atoms with Crippen LogP contribution in [0.5, 0.6) is 0 Å². The Kier molecular flexibility index (Phi) is 2.46. The fraction of sp³-hybridized carbons (Fsp3) is 0.571. The summed E-state index contributed by atoms with van der Waals surface area (Å²) in [6, 6.07) is 0. The lowest BCUT2D eigenvalue weighted by molar-refractivity contribution is -0.261. The van der Waals surface area contributed by atoms with Gasteiger partial charge in [0, 0.05) is 0 Å². The maximum Gasteiger partial charge on any atom is 0.463 e. The molecule has 0 aromatic heterocycles. The maximum atomic E-state index is 12.5. The van der Waals surface area contributed by atoms with Crippen LogP contribution in [0, 0.1) is 0 Å². The molecule has 0 aliphatic carbocycles. The van der Waals surface area contributed by atoms with E-state index in [2.05, 4.69) is 14.5 Å². The Bertz CT molecular complexity index is 349. The van der Waals surface area contributed by atoms with Gasteiger partial charge in [0.1, 0.15) is 5.71 Å². The van der Waals surface area contributed by atoms with Crippen LogP contribution < -0.4 is 0 Å². The van der Waals surface area contributed by atoms with E-state index < -0.39 is 29.6 Å². The highest BCUT2D eigenvalue weighted by atomic mass is 19.4. The number of rotatable bonds is 1. The Morgan fingerprint density at radius 1 is 1.53 bits per heavy atom. The minimum Gasteiger partial charge on any atom is -0.464 e. The number of hydrogen-bond acceptors (Lipinski definition) is 5. The van der Waals surface area contributed by atoms with Crippen LogP contribution in [0.1, 0.15) is 6.92 Å². The first-order valence-electron chi connectivity index (χ1n) is 3.69. The van der Waals surface area contributed by atoms with E-state index in [1.165, 1.54) is 0 Å². The summed E-state index contributed by atoms with van der Waals surface area (Å²) in [7, 11) is 0.743. The first-order chi connectivity index (χ1) is 6.74. The second-order valence-corrected chi connectivity index (χ2v) is 2.72. The normalized spacial score (nSPS) is 25.9. The molecule has 1 heterocycles. The van der Waals surface area contributed by atoms with Crippen molar-refractivity contribution in [3.8, 4) is 0 Å². The van der Waals surface area contributed by atoms with E-state index in [0.29, 0.717) is 0 Å². The molecule has 0 aromatic carbocycles. The van der Waals surface area contributed by atoms with Gasteiger partial charge in [0.05, 0.1) is 7.11 Å². The number of carbonyl (C=O) groups excluding carboxylic acids is 2. The molecule has 0 saturated carbocycles. The van der Waals surface area contributed by atoms with E-state index in [9.17, 15) is 22.8 Å². The van der Waals surface area contributed by atoms with E-state index >= 15 is 0 Å². The Balaban J connectivity index is 3.24. The Morgan fingerprint density at radius 3 is 2.33 bits per heavy atom. The molecule has 0 aromatic rings. The Labute approximate surface area is 81.9 Å². The minimum absolute atomic E-state index is 0.530. The average Bonchev–Trinajstić information content (AvgIpc) is 2.42. The van der Waals surface area contributed by atoms with Gasteiger partial charge in [-0.1, -0.05) is 0 Å². The molecule has 1 atom stereocenters. The first-order valence-corrected chi connectivity index (χ1v) is 3.69. The van der Waals surface area contributed by atoms with Gasteiger partial charge in [0.2, 0.25) is 0 Å². The Morgan fingerprint density at radius 2 is 2.07 bits per heavy atom. The van der Waals surface area contributed by atoms with Gasteiger partial charge >= 0.3 is 23.8 Å². The molecule has 84 valence electrons. The molecule has 15 heavy (non-hydrogen) atoms. The predicted octanol–water partition coefficient (Wildman–Crippen LogP) is 0.436. The number of halogens is 3. The molecule has 8 heteroatoms. The molecule has 0 bridgehead atoms. The van der Waals surface area contributed by atoms with Crippen LogP contribution in [0.4, 0.5) is 13.2 Å². The number of aliphatic imine (C=N–C) groups is 1. The third-order valence-corrected chi connectivity index (χ3v) is 1.71. The van der Waals surface area contributed by atoms with Crippen molar-refractivity contribution in [2.75, 3.05) is 7.11 Å². The zero-order valence-corrected chi connectivity index (χ0v) is 7.71. The van der Waals surface area contributed by atoms with Crippen LogP contribution in [0.15, 0.2) is 4.99 Å². The standard InChI is InChI=1S/C7H6F3NO4/c1-3-4(12)15-6(11-3,5(13)14-2)7(8,9)10/h1-2H3/t6-/m1/s1. The van der Waals surface area contributed by atoms with Crippen LogP contribution in [-0.2, 0) is 19.1 Å². The summed E-state index contributed by atoms with van der Waals surface area (Å²) in [5, 5.41) is 0. The zero-order chi connectivity index (χ0) is 11.9. The molecule has 0 unspecified atom stereocenters. The number of hydrogen-bond donors (Lipinski definition) is 0. The molecule has 0 fully saturated rings. The lowest BCUT2D eigenvalue weighted by atomic mass is 10.2. The van der Waals surface area contributed by atoms with Crippen molar-refractivity contribution in [3.05, 3.63) is 0 Å². The molecule has 1 aliphatic heterocycles. The average molecular weight is 225 g/mol. The molecular weight excluding hydrogens is 219 g/mol. The van der Waals surface area contributed by atoms with Crippen LogP contribution in [0.25, 0.3) is 0 Å². The molecule has 0 amide bonds. The number of ether oxygens (including phenoxy) is 2. The van der Waals surface area contributed by atoms with Gasteiger partial charge in [-0.25, -0.2) is 14.6 Å². The third-order valence-electron chi connectivity index (χ3n) is 1.71.